The first kappa shape index (κ1) is 16.1. The topological polar surface area (TPSA) is 18.6 Å². The summed E-state index contributed by atoms with van der Waals surface area (Å²) in [6.07, 6.45) is 9.07. The summed E-state index contributed by atoms with van der Waals surface area (Å²) in [6, 6.07) is 13.7. The second-order valence-electron chi connectivity index (χ2n) is 6.81. The molecule has 1 heterocycles. The molecule has 1 aliphatic rings. The van der Waals surface area contributed by atoms with E-state index in [-0.39, 0.29) is 0 Å². The van der Waals surface area contributed by atoms with Crippen molar-refractivity contribution < 1.29 is 9.64 Å². The van der Waals surface area contributed by atoms with Crippen molar-refractivity contribution in [2.24, 2.45) is 7.05 Å². The van der Waals surface area contributed by atoms with Gasteiger partial charge in [-0.2, -0.15) is 0 Å². The molecule has 0 spiro atoms. The molecular weight excluding hydrogens is 284 g/mol. The Labute approximate surface area is 139 Å². The fourth-order valence-electron chi connectivity index (χ4n) is 3.82. The zero-order chi connectivity index (χ0) is 16.1. The van der Waals surface area contributed by atoms with Crippen LogP contribution in [0.3, 0.4) is 0 Å². The molecule has 1 saturated carbocycles. The second kappa shape index (κ2) is 7.69. The van der Waals surface area contributed by atoms with Crippen molar-refractivity contribution in [3.63, 3.8) is 0 Å². The molecule has 1 aromatic carbocycles. The summed E-state index contributed by atoms with van der Waals surface area (Å²) in [6.45, 7) is 2.18. The Bertz CT molecular complexity index is 614. The summed E-state index contributed by atoms with van der Waals surface area (Å²) in [5.74, 6) is 0.962. The summed E-state index contributed by atoms with van der Waals surface area (Å²) in [5, 5.41) is 0. The van der Waals surface area contributed by atoms with Crippen LogP contribution in [0.25, 0.3) is 0 Å². The van der Waals surface area contributed by atoms with Crippen LogP contribution < -0.4 is 9.64 Å². The van der Waals surface area contributed by atoms with Gasteiger partial charge in [-0.3, -0.25) is 0 Å². The first-order chi connectivity index (χ1) is 11.3. The standard InChI is InChI=1S/C20H28N2O/c1-21-13-7-11-19(21)16-22(18-9-4-3-5-10-18)15-17-8-6-12-20(14-17)23-2/h6-8,11-14,18H,3-5,9-10,15-16H2,1-2H3/p+1. The number of hydrogen-bond acceptors (Lipinski definition) is 1. The molecule has 1 aliphatic carbocycles. The maximum Gasteiger partial charge on any atom is 0.119 e. The smallest absolute Gasteiger partial charge is 0.119 e. The Kier molecular flexibility index (Phi) is 5.39. The fourth-order valence-corrected chi connectivity index (χ4v) is 3.82. The molecule has 2 aromatic rings. The predicted molar refractivity (Wildman–Crippen MR) is 93.7 cm³/mol. The molecule has 124 valence electrons. The molecule has 0 saturated heterocycles. The Hall–Kier alpha value is -1.74. The van der Waals surface area contributed by atoms with Gasteiger partial charge in [-0.25, -0.2) is 0 Å². The van der Waals surface area contributed by atoms with Gasteiger partial charge < -0.3 is 14.2 Å². The van der Waals surface area contributed by atoms with E-state index >= 15 is 0 Å². The lowest BCUT2D eigenvalue weighted by Gasteiger charge is -2.31. The van der Waals surface area contributed by atoms with Gasteiger partial charge in [0.15, 0.2) is 0 Å². The van der Waals surface area contributed by atoms with Crippen molar-refractivity contribution >= 4 is 0 Å². The maximum atomic E-state index is 5.39. The van der Waals surface area contributed by atoms with E-state index in [9.17, 15) is 0 Å². The summed E-state index contributed by atoms with van der Waals surface area (Å²) in [5.41, 5.74) is 2.80. The summed E-state index contributed by atoms with van der Waals surface area (Å²) < 4.78 is 7.65. The maximum absolute atomic E-state index is 5.39. The largest absolute Gasteiger partial charge is 0.497 e. The lowest BCUT2D eigenvalue weighted by Crippen LogP contribution is -3.13. The Morgan fingerprint density at radius 1 is 1.09 bits per heavy atom. The fraction of sp³-hybridized carbons (Fsp3) is 0.500. The Morgan fingerprint density at radius 3 is 2.61 bits per heavy atom. The first-order valence-electron chi connectivity index (χ1n) is 8.84. The third-order valence-electron chi connectivity index (χ3n) is 5.21. The van der Waals surface area contributed by atoms with Crippen molar-refractivity contribution in [2.75, 3.05) is 7.11 Å². The highest BCUT2D eigenvalue weighted by atomic mass is 16.5. The SMILES string of the molecule is COc1cccc(C[NH+](Cc2cccn2C)C2CCCCC2)c1. The zero-order valence-corrected chi connectivity index (χ0v) is 14.4. The molecular formula is C20H29N2O+. The summed E-state index contributed by atoms with van der Waals surface area (Å²) in [7, 11) is 3.90. The van der Waals surface area contributed by atoms with Gasteiger partial charge in [0.1, 0.15) is 18.8 Å². The van der Waals surface area contributed by atoms with E-state index in [1.165, 1.54) is 43.4 Å². The van der Waals surface area contributed by atoms with Crippen LogP contribution in [0.4, 0.5) is 0 Å². The third kappa shape index (κ3) is 4.17. The van der Waals surface area contributed by atoms with Crippen molar-refractivity contribution in [1.82, 2.24) is 4.57 Å². The number of nitrogens with one attached hydrogen (secondary N) is 1. The van der Waals surface area contributed by atoms with E-state index in [0.717, 1.165) is 24.9 Å². The number of rotatable bonds is 6. The average Bonchev–Trinajstić information content (AvgIpc) is 3.00. The average molecular weight is 313 g/mol. The highest BCUT2D eigenvalue weighted by Gasteiger charge is 2.25. The van der Waals surface area contributed by atoms with Crippen LogP contribution in [0.2, 0.25) is 0 Å². The molecule has 0 bridgehead atoms. The molecule has 1 aromatic heterocycles. The molecule has 3 heteroatoms. The van der Waals surface area contributed by atoms with Gasteiger partial charge >= 0.3 is 0 Å². The summed E-state index contributed by atoms with van der Waals surface area (Å²) in [4.78, 5) is 1.69. The molecule has 0 amide bonds. The van der Waals surface area contributed by atoms with Crippen LogP contribution in [0, 0.1) is 0 Å². The monoisotopic (exact) mass is 313 g/mol. The van der Waals surface area contributed by atoms with Gasteiger partial charge in [-0.15, -0.1) is 0 Å². The predicted octanol–water partition coefficient (Wildman–Crippen LogP) is 2.95. The number of aryl methyl sites for hydroxylation is 1. The van der Waals surface area contributed by atoms with E-state index in [1.54, 1.807) is 12.0 Å². The minimum atomic E-state index is 0.782. The number of ether oxygens (including phenoxy) is 1. The van der Waals surface area contributed by atoms with Crippen LogP contribution in [0.5, 0.6) is 5.75 Å². The Morgan fingerprint density at radius 2 is 1.91 bits per heavy atom. The van der Waals surface area contributed by atoms with Gasteiger partial charge in [-0.05, 0) is 49.9 Å². The van der Waals surface area contributed by atoms with E-state index < -0.39 is 0 Å². The van der Waals surface area contributed by atoms with Gasteiger partial charge in [0.2, 0.25) is 0 Å². The number of nitrogens with zero attached hydrogens (tertiary/aromatic N) is 1. The minimum absolute atomic E-state index is 0.782. The number of methoxy groups -OCH3 is 1. The van der Waals surface area contributed by atoms with Crippen molar-refractivity contribution in [3.05, 3.63) is 53.9 Å². The molecule has 1 atom stereocenters. The van der Waals surface area contributed by atoms with E-state index in [2.05, 4.69) is 48.1 Å². The van der Waals surface area contributed by atoms with Gasteiger partial charge in [-0.1, -0.05) is 18.6 Å². The normalized spacial score (nSPS) is 17.1. The molecule has 23 heavy (non-hydrogen) atoms. The molecule has 1 unspecified atom stereocenters. The molecule has 1 fully saturated rings. The highest BCUT2D eigenvalue weighted by molar-refractivity contribution is 5.27. The molecule has 3 nitrogen and oxygen atoms in total. The molecule has 1 N–H and O–H groups in total. The number of quaternary nitrogens is 1. The highest BCUT2D eigenvalue weighted by Crippen LogP contribution is 2.17. The lowest BCUT2D eigenvalue weighted by atomic mass is 9.93. The van der Waals surface area contributed by atoms with E-state index in [0.29, 0.717) is 0 Å². The first-order valence-corrected chi connectivity index (χ1v) is 8.84. The lowest BCUT2D eigenvalue weighted by molar-refractivity contribution is -0.953. The number of hydrogen-bond donors (Lipinski definition) is 1. The van der Waals surface area contributed by atoms with Crippen LogP contribution in [0.15, 0.2) is 42.6 Å². The summed E-state index contributed by atoms with van der Waals surface area (Å²) >= 11 is 0. The van der Waals surface area contributed by atoms with Crippen molar-refractivity contribution in [1.29, 1.82) is 0 Å². The number of benzene rings is 1. The Balaban J connectivity index is 1.77. The molecule has 0 aliphatic heterocycles. The van der Waals surface area contributed by atoms with Crippen LogP contribution in [-0.4, -0.2) is 17.7 Å². The molecule has 3 rings (SSSR count). The van der Waals surface area contributed by atoms with E-state index in [1.807, 2.05) is 6.07 Å². The van der Waals surface area contributed by atoms with Gasteiger partial charge in [0.25, 0.3) is 0 Å². The number of aromatic nitrogens is 1. The second-order valence-corrected chi connectivity index (χ2v) is 6.81. The minimum Gasteiger partial charge on any atom is -0.497 e. The third-order valence-corrected chi connectivity index (χ3v) is 5.21. The van der Waals surface area contributed by atoms with E-state index in [4.69, 9.17) is 4.74 Å². The van der Waals surface area contributed by atoms with Gasteiger partial charge in [0.05, 0.1) is 18.8 Å². The molecule has 0 radical (unpaired) electrons. The van der Waals surface area contributed by atoms with Crippen molar-refractivity contribution in [3.8, 4) is 5.75 Å². The van der Waals surface area contributed by atoms with Crippen molar-refractivity contribution in [2.45, 2.75) is 51.2 Å². The van der Waals surface area contributed by atoms with Crippen LogP contribution in [0.1, 0.15) is 43.4 Å². The van der Waals surface area contributed by atoms with Crippen LogP contribution in [-0.2, 0) is 20.1 Å². The van der Waals surface area contributed by atoms with Gasteiger partial charge in [0, 0.05) is 18.8 Å². The zero-order valence-electron chi connectivity index (χ0n) is 14.4. The van der Waals surface area contributed by atoms with Crippen LogP contribution >= 0.6 is 0 Å². The quantitative estimate of drug-likeness (QED) is 0.868.